The van der Waals surface area contributed by atoms with Gasteiger partial charge in [-0.25, -0.2) is 0 Å². The van der Waals surface area contributed by atoms with Crippen LogP contribution < -0.4 is 0 Å². The van der Waals surface area contributed by atoms with Gasteiger partial charge >= 0.3 is 0 Å². The highest BCUT2D eigenvalue weighted by molar-refractivity contribution is 5.11. The summed E-state index contributed by atoms with van der Waals surface area (Å²) in [6.07, 6.45) is 3.03. The molecule has 6 nitrogen and oxygen atoms in total. The fourth-order valence-electron chi connectivity index (χ4n) is 1.77. The van der Waals surface area contributed by atoms with Crippen LogP contribution in [0.3, 0.4) is 0 Å². The van der Waals surface area contributed by atoms with E-state index in [0.29, 0.717) is 13.2 Å². The highest BCUT2D eigenvalue weighted by Gasteiger charge is 2.11. The Morgan fingerprint density at radius 1 is 0.462 bits per heavy atom. The molecular weight excluding hydrogens is 336 g/mol. The maximum Gasteiger partial charge on any atom is 0.139 e. The largest absolute Gasteiger partial charge is 0.491 e. The second-order valence-corrected chi connectivity index (χ2v) is 5.86. The number of allylic oxidation sites excluding steroid dienone is 8. The molecule has 0 saturated carbocycles. The molecule has 0 saturated heterocycles. The zero-order valence-corrected chi connectivity index (χ0v) is 17.0. The van der Waals surface area contributed by atoms with Crippen LogP contribution in [0.4, 0.5) is 0 Å². The van der Waals surface area contributed by atoms with Gasteiger partial charge in [-0.3, -0.25) is 0 Å². The fourth-order valence-corrected chi connectivity index (χ4v) is 1.77. The molecular formula is C20H30O6. The van der Waals surface area contributed by atoms with Crippen LogP contribution in [0.15, 0.2) is 58.6 Å². The quantitative estimate of drug-likeness (QED) is 0.558. The van der Waals surface area contributed by atoms with Crippen molar-refractivity contribution in [1.29, 1.82) is 0 Å². The molecule has 0 aliphatic carbocycles. The average Bonchev–Trinajstić information content (AvgIpc) is 2.60. The highest BCUT2D eigenvalue weighted by atomic mass is 16.6. The monoisotopic (exact) mass is 366 g/mol. The van der Waals surface area contributed by atoms with Crippen LogP contribution in [0, 0.1) is 0 Å². The van der Waals surface area contributed by atoms with Gasteiger partial charge in [0.25, 0.3) is 0 Å². The maximum absolute atomic E-state index is 5.34. The minimum absolute atomic E-state index is 0.698. The first-order valence-corrected chi connectivity index (χ1v) is 8.52. The minimum atomic E-state index is 0.698. The summed E-state index contributed by atoms with van der Waals surface area (Å²) in [6.45, 7) is 16.5. The van der Waals surface area contributed by atoms with Crippen molar-refractivity contribution in [2.24, 2.45) is 0 Å². The molecule has 6 heteroatoms. The van der Waals surface area contributed by atoms with Gasteiger partial charge in [0.2, 0.25) is 0 Å². The third kappa shape index (κ3) is 7.17. The molecule has 0 aromatic rings. The molecule has 0 N–H and O–H groups in total. The summed E-state index contributed by atoms with van der Waals surface area (Å²) < 4.78 is 30.9. The van der Waals surface area contributed by atoms with Crippen LogP contribution in [0.5, 0.6) is 0 Å². The lowest BCUT2D eigenvalue weighted by atomic mass is 10.3. The molecule has 3 rings (SSSR count). The average molecular weight is 366 g/mol. The molecule has 0 radical (unpaired) electrons. The molecule has 3 aliphatic heterocycles. The van der Waals surface area contributed by atoms with E-state index >= 15 is 0 Å². The predicted octanol–water partition coefficient (Wildman–Crippen LogP) is 5.58. The Balaban J connectivity index is 0.000000197. The van der Waals surface area contributed by atoms with Crippen molar-refractivity contribution >= 4 is 0 Å². The molecule has 3 heterocycles. The Kier molecular flexibility index (Phi) is 8.68. The molecule has 3 aliphatic rings. The van der Waals surface area contributed by atoms with Crippen LogP contribution in [0.25, 0.3) is 0 Å². The van der Waals surface area contributed by atoms with Crippen molar-refractivity contribution in [1.82, 2.24) is 0 Å². The molecule has 0 aromatic heterocycles. The van der Waals surface area contributed by atoms with Crippen LogP contribution in [-0.2, 0) is 28.4 Å². The Morgan fingerprint density at radius 3 is 1.00 bits per heavy atom. The molecule has 0 atom stereocenters. The SMILES string of the molecule is CC1=C(C)OC(C)=C(C)O1.CC1=C(C)OC=CO1.CC1=C(C)OCCO1. The topological polar surface area (TPSA) is 55.4 Å². The van der Waals surface area contributed by atoms with Crippen LogP contribution in [0.1, 0.15) is 55.4 Å². The van der Waals surface area contributed by atoms with E-state index in [-0.39, 0.29) is 0 Å². The number of ether oxygens (including phenoxy) is 6. The molecule has 0 unspecified atom stereocenters. The molecule has 26 heavy (non-hydrogen) atoms. The van der Waals surface area contributed by atoms with E-state index in [4.69, 9.17) is 28.4 Å². The molecule has 0 fully saturated rings. The second kappa shape index (κ2) is 10.5. The van der Waals surface area contributed by atoms with Crippen LogP contribution in [-0.4, -0.2) is 13.2 Å². The summed E-state index contributed by atoms with van der Waals surface area (Å²) >= 11 is 0. The third-order valence-electron chi connectivity index (χ3n) is 3.86. The Hall–Kier alpha value is -2.50. The molecule has 0 bridgehead atoms. The Bertz CT molecular complexity index is 565. The summed E-state index contributed by atoms with van der Waals surface area (Å²) in [6, 6.07) is 0. The predicted molar refractivity (Wildman–Crippen MR) is 98.9 cm³/mol. The van der Waals surface area contributed by atoms with Crippen molar-refractivity contribution in [2.45, 2.75) is 55.4 Å². The minimum Gasteiger partial charge on any atom is -0.491 e. The molecule has 0 aromatic carbocycles. The first kappa shape index (κ1) is 21.5. The highest BCUT2D eigenvalue weighted by Crippen LogP contribution is 2.23. The summed E-state index contributed by atoms with van der Waals surface area (Å²) in [5.74, 6) is 6.88. The zero-order valence-electron chi connectivity index (χ0n) is 17.0. The molecule has 146 valence electrons. The van der Waals surface area contributed by atoms with E-state index in [1.165, 1.54) is 12.5 Å². The lowest BCUT2D eigenvalue weighted by Gasteiger charge is -2.18. The Morgan fingerprint density at radius 2 is 0.769 bits per heavy atom. The van der Waals surface area contributed by atoms with Crippen LogP contribution in [0.2, 0.25) is 0 Å². The van der Waals surface area contributed by atoms with Crippen molar-refractivity contribution < 1.29 is 28.4 Å². The van der Waals surface area contributed by atoms with Crippen molar-refractivity contribution in [3.8, 4) is 0 Å². The summed E-state index contributed by atoms with van der Waals surface area (Å²) in [5.41, 5.74) is 0. The number of rotatable bonds is 0. The number of hydrogen-bond donors (Lipinski definition) is 0. The maximum atomic E-state index is 5.34. The smallest absolute Gasteiger partial charge is 0.139 e. The number of hydrogen-bond acceptors (Lipinski definition) is 6. The summed E-state index contributed by atoms with van der Waals surface area (Å²) in [7, 11) is 0. The van der Waals surface area contributed by atoms with Crippen molar-refractivity contribution in [3.05, 3.63) is 58.6 Å². The third-order valence-corrected chi connectivity index (χ3v) is 3.86. The van der Waals surface area contributed by atoms with Gasteiger partial charge < -0.3 is 28.4 Å². The normalized spacial score (nSPS) is 18.8. The van der Waals surface area contributed by atoms with E-state index in [1.807, 2.05) is 55.4 Å². The van der Waals surface area contributed by atoms with Gasteiger partial charge in [-0.15, -0.1) is 0 Å². The van der Waals surface area contributed by atoms with E-state index in [2.05, 4.69) is 0 Å². The van der Waals surface area contributed by atoms with E-state index in [9.17, 15) is 0 Å². The van der Waals surface area contributed by atoms with Crippen LogP contribution >= 0.6 is 0 Å². The van der Waals surface area contributed by atoms with Gasteiger partial charge in [0.1, 0.15) is 71.8 Å². The second-order valence-electron chi connectivity index (χ2n) is 5.86. The van der Waals surface area contributed by atoms with E-state index < -0.39 is 0 Å². The first-order valence-electron chi connectivity index (χ1n) is 8.52. The van der Waals surface area contributed by atoms with E-state index in [0.717, 1.165) is 46.1 Å². The van der Waals surface area contributed by atoms with Crippen molar-refractivity contribution in [2.75, 3.05) is 13.2 Å². The van der Waals surface area contributed by atoms with Gasteiger partial charge in [-0.1, -0.05) is 0 Å². The van der Waals surface area contributed by atoms with Gasteiger partial charge in [0.05, 0.1) is 0 Å². The summed E-state index contributed by atoms with van der Waals surface area (Å²) in [4.78, 5) is 0. The Labute approximate surface area is 156 Å². The lowest BCUT2D eigenvalue weighted by molar-refractivity contribution is 0.0648. The van der Waals surface area contributed by atoms with Gasteiger partial charge in [0, 0.05) is 0 Å². The van der Waals surface area contributed by atoms with Crippen molar-refractivity contribution in [3.63, 3.8) is 0 Å². The van der Waals surface area contributed by atoms with Gasteiger partial charge in [-0.05, 0) is 55.4 Å². The standard InChI is InChI=1S/C8H12O2.C6H10O2.C6H8O2/c1-5-6(2)10-8(4)7(3)9-5;2*1-5-6(2)8-4-3-7-5/h1-4H3;3-4H2,1-2H3;3-4H,1-2H3. The lowest BCUT2D eigenvalue weighted by Crippen LogP contribution is -2.10. The summed E-state index contributed by atoms with van der Waals surface area (Å²) in [5, 5.41) is 0. The molecule has 0 amide bonds. The first-order chi connectivity index (χ1) is 12.2. The fraction of sp³-hybridized carbons (Fsp3) is 0.500. The van der Waals surface area contributed by atoms with E-state index in [1.54, 1.807) is 0 Å². The zero-order chi connectivity index (χ0) is 19.7. The van der Waals surface area contributed by atoms with Gasteiger partial charge in [-0.2, -0.15) is 0 Å². The molecule has 0 spiro atoms. The van der Waals surface area contributed by atoms with Gasteiger partial charge in [0.15, 0.2) is 0 Å².